The third-order valence-electron chi connectivity index (χ3n) is 5.59. The fourth-order valence-corrected chi connectivity index (χ4v) is 3.92. The quantitative estimate of drug-likeness (QED) is 0.429. The van der Waals surface area contributed by atoms with Crippen molar-refractivity contribution in [2.24, 2.45) is 0 Å². The van der Waals surface area contributed by atoms with Crippen molar-refractivity contribution in [3.05, 3.63) is 83.7 Å². The molecule has 0 fully saturated rings. The lowest BCUT2D eigenvalue weighted by molar-refractivity contribution is 0.0937. The molecule has 1 heterocycles. The Morgan fingerprint density at radius 1 is 0.909 bits per heavy atom. The second-order valence-electron chi connectivity index (χ2n) is 7.62. The van der Waals surface area contributed by atoms with E-state index in [2.05, 4.69) is 9.88 Å². The maximum Gasteiger partial charge on any atom is 0.251 e. The van der Waals surface area contributed by atoms with Gasteiger partial charge in [0.15, 0.2) is 11.5 Å². The van der Waals surface area contributed by atoms with E-state index < -0.39 is 0 Å². The number of hydrogen-bond donors (Lipinski definition) is 1. The summed E-state index contributed by atoms with van der Waals surface area (Å²) in [4.78, 5) is 17.9. The Balaban J connectivity index is 1.66. The van der Waals surface area contributed by atoms with Crippen molar-refractivity contribution in [3.63, 3.8) is 0 Å². The zero-order valence-corrected chi connectivity index (χ0v) is 19.2. The minimum Gasteiger partial charge on any atom is -0.496 e. The van der Waals surface area contributed by atoms with Crippen LogP contribution in [0.2, 0.25) is 0 Å². The monoisotopic (exact) mass is 445 g/mol. The highest BCUT2D eigenvalue weighted by atomic mass is 16.5. The summed E-state index contributed by atoms with van der Waals surface area (Å²) in [7, 11) is 4.77. The number of rotatable bonds is 8. The number of benzene rings is 3. The second kappa shape index (κ2) is 9.65. The number of carbonyl (C=O) groups excluding carboxylic acids is 1. The Morgan fingerprint density at radius 2 is 1.61 bits per heavy atom. The summed E-state index contributed by atoms with van der Waals surface area (Å²) in [6, 6.07) is 20.6. The van der Waals surface area contributed by atoms with Crippen LogP contribution in [0.15, 0.2) is 66.7 Å². The largest absolute Gasteiger partial charge is 0.496 e. The van der Waals surface area contributed by atoms with Crippen molar-refractivity contribution in [1.29, 1.82) is 0 Å². The van der Waals surface area contributed by atoms with Gasteiger partial charge in [-0.3, -0.25) is 4.79 Å². The molecular formula is C26H27N3O4. The molecule has 4 rings (SSSR count). The van der Waals surface area contributed by atoms with Gasteiger partial charge in [-0.2, -0.15) is 0 Å². The minimum absolute atomic E-state index is 0.223. The van der Waals surface area contributed by atoms with E-state index in [4.69, 9.17) is 19.2 Å². The van der Waals surface area contributed by atoms with Gasteiger partial charge in [-0.05, 0) is 43.3 Å². The summed E-state index contributed by atoms with van der Waals surface area (Å²) in [5, 5.41) is 3.07. The molecule has 1 atom stereocenters. The summed E-state index contributed by atoms with van der Waals surface area (Å²) >= 11 is 0. The van der Waals surface area contributed by atoms with Gasteiger partial charge in [0, 0.05) is 11.1 Å². The third kappa shape index (κ3) is 4.48. The predicted molar refractivity (Wildman–Crippen MR) is 127 cm³/mol. The lowest BCUT2D eigenvalue weighted by Gasteiger charge is -2.18. The van der Waals surface area contributed by atoms with Crippen LogP contribution in [0.1, 0.15) is 34.7 Å². The molecule has 1 unspecified atom stereocenters. The van der Waals surface area contributed by atoms with Gasteiger partial charge >= 0.3 is 0 Å². The normalized spacial score (nSPS) is 11.8. The second-order valence-corrected chi connectivity index (χ2v) is 7.62. The number of nitrogens with one attached hydrogen (secondary N) is 1. The Hall–Kier alpha value is -4.00. The van der Waals surface area contributed by atoms with Crippen LogP contribution in [-0.4, -0.2) is 36.8 Å². The molecule has 0 saturated carbocycles. The summed E-state index contributed by atoms with van der Waals surface area (Å²) in [5.41, 5.74) is 3.37. The summed E-state index contributed by atoms with van der Waals surface area (Å²) < 4.78 is 18.3. The lowest BCUT2D eigenvalue weighted by Crippen LogP contribution is -2.29. The van der Waals surface area contributed by atoms with Gasteiger partial charge in [0.1, 0.15) is 11.6 Å². The van der Waals surface area contributed by atoms with Crippen LogP contribution in [-0.2, 0) is 6.54 Å². The van der Waals surface area contributed by atoms with Crippen molar-refractivity contribution in [2.45, 2.75) is 19.5 Å². The van der Waals surface area contributed by atoms with Crippen molar-refractivity contribution in [2.75, 3.05) is 21.3 Å². The van der Waals surface area contributed by atoms with Crippen LogP contribution in [0.25, 0.3) is 11.0 Å². The van der Waals surface area contributed by atoms with Crippen LogP contribution >= 0.6 is 0 Å². The molecule has 4 aromatic rings. The molecule has 0 spiro atoms. The Kier molecular flexibility index (Phi) is 6.49. The molecule has 0 bridgehead atoms. The molecule has 3 aromatic carbocycles. The van der Waals surface area contributed by atoms with E-state index in [0.29, 0.717) is 23.6 Å². The molecule has 0 saturated heterocycles. The van der Waals surface area contributed by atoms with Crippen LogP contribution in [0.5, 0.6) is 17.2 Å². The molecule has 170 valence electrons. The van der Waals surface area contributed by atoms with E-state index in [1.807, 2.05) is 55.5 Å². The Labute approximate surface area is 192 Å². The number of carbonyl (C=O) groups is 1. The van der Waals surface area contributed by atoms with E-state index in [9.17, 15) is 4.79 Å². The molecule has 0 aliphatic carbocycles. The Morgan fingerprint density at radius 3 is 2.36 bits per heavy atom. The molecule has 7 nitrogen and oxygen atoms in total. The van der Waals surface area contributed by atoms with Crippen LogP contribution < -0.4 is 19.5 Å². The summed E-state index contributed by atoms with van der Waals surface area (Å²) in [5.74, 6) is 2.42. The number of aromatic nitrogens is 2. The maximum absolute atomic E-state index is 13.0. The molecule has 1 amide bonds. The molecular weight excluding hydrogens is 418 g/mol. The van der Waals surface area contributed by atoms with E-state index >= 15 is 0 Å². The van der Waals surface area contributed by atoms with Crippen LogP contribution in [0.3, 0.4) is 0 Å². The van der Waals surface area contributed by atoms with Gasteiger partial charge < -0.3 is 24.1 Å². The number of para-hydroxylation sites is 3. The molecule has 1 N–H and O–H groups in total. The number of imidazole rings is 1. The van der Waals surface area contributed by atoms with E-state index in [1.165, 1.54) is 0 Å². The standard InChI is InChI=1S/C26H27N3O4/c1-17(27-26(30)18-13-14-23(32-3)24(15-18)33-4)25-28-20-10-6-7-11-21(20)29(25)16-19-9-5-8-12-22(19)31-2/h5-15,17H,16H2,1-4H3,(H,27,30). The fourth-order valence-electron chi connectivity index (χ4n) is 3.92. The molecule has 0 radical (unpaired) electrons. The fraction of sp³-hybridized carbons (Fsp3) is 0.231. The zero-order valence-electron chi connectivity index (χ0n) is 19.2. The first-order valence-corrected chi connectivity index (χ1v) is 10.7. The molecule has 1 aromatic heterocycles. The van der Waals surface area contributed by atoms with Crippen molar-refractivity contribution < 1.29 is 19.0 Å². The predicted octanol–water partition coefficient (Wildman–Crippen LogP) is 4.60. The van der Waals surface area contributed by atoms with Gasteiger partial charge in [-0.15, -0.1) is 0 Å². The van der Waals surface area contributed by atoms with Crippen molar-refractivity contribution >= 4 is 16.9 Å². The average molecular weight is 446 g/mol. The summed E-state index contributed by atoms with van der Waals surface area (Å²) in [6.07, 6.45) is 0. The molecule has 7 heteroatoms. The molecule has 0 aliphatic rings. The average Bonchev–Trinajstić information content (AvgIpc) is 3.22. The SMILES string of the molecule is COc1ccccc1Cn1c(C(C)NC(=O)c2ccc(OC)c(OC)c2)nc2ccccc21. The van der Waals surface area contributed by atoms with Gasteiger partial charge in [0.25, 0.3) is 5.91 Å². The van der Waals surface area contributed by atoms with Crippen LogP contribution in [0, 0.1) is 0 Å². The zero-order chi connectivity index (χ0) is 23.4. The number of nitrogens with zero attached hydrogens (tertiary/aromatic N) is 2. The van der Waals surface area contributed by atoms with E-state index in [-0.39, 0.29) is 11.9 Å². The molecule has 33 heavy (non-hydrogen) atoms. The lowest BCUT2D eigenvalue weighted by atomic mass is 10.1. The van der Waals surface area contributed by atoms with Crippen LogP contribution in [0.4, 0.5) is 0 Å². The highest BCUT2D eigenvalue weighted by molar-refractivity contribution is 5.95. The van der Waals surface area contributed by atoms with E-state index in [1.54, 1.807) is 39.5 Å². The molecule has 0 aliphatic heterocycles. The first-order valence-electron chi connectivity index (χ1n) is 10.7. The summed E-state index contributed by atoms with van der Waals surface area (Å²) in [6.45, 7) is 2.50. The highest BCUT2D eigenvalue weighted by Gasteiger charge is 2.21. The number of hydrogen-bond acceptors (Lipinski definition) is 5. The number of methoxy groups -OCH3 is 3. The van der Waals surface area contributed by atoms with Crippen molar-refractivity contribution in [3.8, 4) is 17.2 Å². The van der Waals surface area contributed by atoms with Gasteiger partial charge in [0.05, 0.1) is 44.9 Å². The topological polar surface area (TPSA) is 74.6 Å². The van der Waals surface area contributed by atoms with Gasteiger partial charge in [-0.25, -0.2) is 4.98 Å². The van der Waals surface area contributed by atoms with Gasteiger partial charge in [0.2, 0.25) is 0 Å². The number of fused-ring (bicyclic) bond motifs is 1. The number of amides is 1. The first kappa shape index (κ1) is 22.2. The van der Waals surface area contributed by atoms with Crippen molar-refractivity contribution in [1.82, 2.24) is 14.9 Å². The third-order valence-corrected chi connectivity index (χ3v) is 5.59. The Bertz CT molecular complexity index is 1280. The van der Waals surface area contributed by atoms with Gasteiger partial charge in [-0.1, -0.05) is 30.3 Å². The first-order chi connectivity index (χ1) is 16.0. The minimum atomic E-state index is -0.340. The highest BCUT2D eigenvalue weighted by Crippen LogP contribution is 2.29. The smallest absolute Gasteiger partial charge is 0.251 e. The number of ether oxygens (including phenoxy) is 3. The van der Waals surface area contributed by atoms with E-state index in [0.717, 1.165) is 28.2 Å². The maximum atomic E-state index is 13.0.